The Hall–Kier alpha value is -1.90. The summed E-state index contributed by atoms with van der Waals surface area (Å²) in [6, 6.07) is 1.68. The summed E-state index contributed by atoms with van der Waals surface area (Å²) in [5.74, 6) is 0.258. The quantitative estimate of drug-likeness (QED) is 0.701. The molecule has 28 heavy (non-hydrogen) atoms. The smallest absolute Gasteiger partial charge is 0.225 e. The number of aromatic nitrogens is 3. The third-order valence-corrected chi connectivity index (χ3v) is 10.0. The fourth-order valence-electron chi connectivity index (χ4n) is 2.64. The van der Waals surface area contributed by atoms with Gasteiger partial charge >= 0.3 is 0 Å². The van der Waals surface area contributed by atoms with Gasteiger partial charge in [-0.25, -0.2) is 14.4 Å². The molecule has 0 unspecified atom stereocenters. The molecule has 0 saturated carbocycles. The lowest BCUT2D eigenvalue weighted by Crippen LogP contribution is -2.40. The first kappa shape index (κ1) is 20.8. The fourth-order valence-corrected chi connectivity index (χ4v) is 3.59. The molecule has 0 amide bonds. The molecule has 1 saturated heterocycles. The SMILES string of the molecule is CC(C)(C)[Si](C)(C)OCc1ccnc(-c2cnc(N3CCOCC3)nc2)c1F. The molecule has 1 fully saturated rings. The first-order valence-electron chi connectivity index (χ1n) is 9.61. The van der Waals surface area contributed by atoms with E-state index in [9.17, 15) is 0 Å². The number of hydrogen-bond acceptors (Lipinski definition) is 6. The lowest BCUT2D eigenvalue weighted by molar-refractivity contribution is 0.122. The van der Waals surface area contributed by atoms with E-state index in [0.29, 0.717) is 30.3 Å². The maximum absolute atomic E-state index is 15.1. The van der Waals surface area contributed by atoms with Gasteiger partial charge in [-0.2, -0.15) is 0 Å². The Morgan fingerprint density at radius 3 is 2.39 bits per heavy atom. The highest BCUT2D eigenvalue weighted by Gasteiger charge is 2.37. The van der Waals surface area contributed by atoms with Crippen LogP contribution in [0.5, 0.6) is 0 Å². The first-order chi connectivity index (χ1) is 13.2. The zero-order valence-corrected chi connectivity index (χ0v) is 18.3. The number of anilines is 1. The third kappa shape index (κ3) is 4.56. The molecular weight excluding hydrogens is 375 g/mol. The highest BCUT2D eigenvalue weighted by atomic mass is 28.4. The van der Waals surface area contributed by atoms with E-state index in [1.807, 2.05) is 0 Å². The fraction of sp³-hybridized carbons (Fsp3) is 0.550. The molecule has 2 aromatic heterocycles. The van der Waals surface area contributed by atoms with Crippen LogP contribution in [0.3, 0.4) is 0 Å². The molecule has 8 heteroatoms. The summed E-state index contributed by atoms with van der Waals surface area (Å²) in [4.78, 5) is 15.1. The van der Waals surface area contributed by atoms with Crippen LogP contribution in [0.1, 0.15) is 26.3 Å². The Kier molecular flexibility index (Phi) is 6.11. The van der Waals surface area contributed by atoms with E-state index in [1.54, 1.807) is 24.7 Å². The van der Waals surface area contributed by atoms with Gasteiger partial charge in [-0.15, -0.1) is 0 Å². The van der Waals surface area contributed by atoms with Crippen molar-refractivity contribution in [3.05, 3.63) is 36.0 Å². The molecule has 0 N–H and O–H groups in total. The standard InChI is InChI=1S/C20H29FN4O2Si/c1-20(2,3)28(4,5)27-14-15-6-7-22-18(17(15)21)16-12-23-19(24-13-16)25-8-10-26-11-9-25/h6-7,12-13H,8-11,14H2,1-5H3. The van der Waals surface area contributed by atoms with Crippen molar-refractivity contribution >= 4 is 14.3 Å². The molecule has 3 rings (SSSR count). The van der Waals surface area contributed by atoms with Gasteiger partial charge in [0.1, 0.15) is 5.69 Å². The van der Waals surface area contributed by atoms with Crippen molar-refractivity contribution in [2.24, 2.45) is 0 Å². The van der Waals surface area contributed by atoms with E-state index in [-0.39, 0.29) is 23.2 Å². The van der Waals surface area contributed by atoms with Crippen LogP contribution in [-0.4, -0.2) is 49.6 Å². The lowest BCUT2D eigenvalue weighted by atomic mass is 10.1. The second-order valence-electron chi connectivity index (χ2n) is 8.55. The number of pyridine rings is 1. The van der Waals surface area contributed by atoms with Crippen LogP contribution in [0.25, 0.3) is 11.3 Å². The molecular formula is C20H29FN4O2Si. The molecule has 3 heterocycles. The van der Waals surface area contributed by atoms with Gasteiger partial charge in [-0.1, -0.05) is 20.8 Å². The van der Waals surface area contributed by atoms with Crippen LogP contribution in [0.4, 0.5) is 10.3 Å². The van der Waals surface area contributed by atoms with Gasteiger partial charge < -0.3 is 14.1 Å². The minimum Gasteiger partial charge on any atom is -0.412 e. The molecule has 2 aromatic rings. The number of rotatable bonds is 5. The summed E-state index contributed by atoms with van der Waals surface area (Å²) in [5.41, 5.74) is 1.32. The second-order valence-corrected chi connectivity index (χ2v) is 13.4. The molecule has 0 aromatic carbocycles. The summed E-state index contributed by atoms with van der Waals surface area (Å²) < 4.78 is 26.6. The molecule has 152 valence electrons. The number of hydrogen-bond donors (Lipinski definition) is 0. The monoisotopic (exact) mass is 404 g/mol. The molecule has 1 aliphatic rings. The number of nitrogens with zero attached hydrogens (tertiary/aromatic N) is 4. The van der Waals surface area contributed by atoms with Crippen molar-refractivity contribution in [1.29, 1.82) is 0 Å². The van der Waals surface area contributed by atoms with E-state index in [0.717, 1.165) is 13.1 Å². The van der Waals surface area contributed by atoms with Crippen LogP contribution in [0, 0.1) is 5.82 Å². The van der Waals surface area contributed by atoms with E-state index >= 15 is 4.39 Å². The third-order valence-electron chi connectivity index (χ3n) is 5.57. The molecule has 0 spiro atoms. The largest absolute Gasteiger partial charge is 0.412 e. The van der Waals surface area contributed by atoms with Crippen LogP contribution < -0.4 is 4.90 Å². The summed E-state index contributed by atoms with van der Waals surface area (Å²) in [6.45, 7) is 13.9. The van der Waals surface area contributed by atoms with Gasteiger partial charge in [-0.05, 0) is 24.2 Å². The topological polar surface area (TPSA) is 60.4 Å². The molecule has 0 bridgehead atoms. The maximum Gasteiger partial charge on any atom is 0.225 e. The van der Waals surface area contributed by atoms with Crippen LogP contribution in [0.2, 0.25) is 18.1 Å². The second kappa shape index (κ2) is 8.22. The van der Waals surface area contributed by atoms with E-state index < -0.39 is 8.32 Å². The number of morpholine rings is 1. The molecule has 6 nitrogen and oxygen atoms in total. The van der Waals surface area contributed by atoms with Gasteiger partial charge in [0.15, 0.2) is 14.1 Å². The normalized spacial score (nSPS) is 15.7. The number of ether oxygens (including phenoxy) is 1. The van der Waals surface area contributed by atoms with Gasteiger partial charge in [0.2, 0.25) is 5.95 Å². The predicted molar refractivity (Wildman–Crippen MR) is 110 cm³/mol. The van der Waals surface area contributed by atoms with Crippen molar-refractivity contribution < 1.29 is 13.6 Å². The average molecular weight is 405 g/mol. The summed E-state index contributed by atoms with van der Waals surface area (Å²) >= 11 is 0. The minimum atomic E-state index is -1.96. The van der Waals surface area contributed by atoms with Crippen molar-refractivity contribution in [2.75, 3.05) is 31.2 Å². The first-order valence-corrected chi connectivity index (χ1v) is 12.5. The van der Waals surface area contributed by atoms with Crippen LogP contribution >= 0.6 is 0 Å². The highest BCUT2D eigenvalue weighted by molar-refractivity contribution is 6.74. The van der Waals surface area contributed by atoms with E-state index in [2.05, 4.69) is 53.7 Å². The minimum absolute atomic E-state index is 0.0719. The van der Waals surface area contributed by atoms with Gasteiger partial charge in [0.05, 0.1) is 19.8 Å². The summed E-state index contributed by atoms with van der Waals surface area (Å²) in [6.07, 6.45) is 4.86. The Labute approximate surface area is 167 Å². The zero-order chi connectivity index (χ0) is 20.4. The van der Waals surface area contributed by atoms with Crippen molar-refractivity contribution in [2.45, 2.75) is 45.5 Å². The van der Waals surface area contributed by atoms with Crippen LogP contribution in [-0.2, 0) is 15.8 Å². The molecule has 1 aliphatic heterocycles. The molecule has 0 radical (unpaired) electrons. The Bertz CT molecular complexity index is 803. The van der Waals surface area contributed by atoms with Crippen molar-refractivity contribution in [1.82, 2.24) is 15.0 Å². The zero-order valence-electron chi connectivity index (χ0n) is 17.3. The molecule has 0 aliphatic carbocycles. The Balaban J connectivity index is 1.77. The van der Waals surface area contributed by atoms with E-state index in [1.165, 1.54) is 0 Å². The highest BCUT2D eigenvalue weighted by Crippen LogP contribution is 2.37. The van der Waals surface area contributed by atoms with Crippen molar-refractivity contribution in [3.8, 4) is 11.3 Å². The van der Waals surface area contributed by atoms with Gasteiger partial charge in [-0.3, -0.25) is 4.98 Å². The van der Waals surface area contributed by atoms with Gasteiger partial charge in [0.25, 0.3) is 0 Å². The number of halogens is 1. The Morgan fingerprint density at radius 2 is 1.79 bits per heavy atom. The maximum atomic E-state index is 15.1. The van der Waals surface area contributed by atoms with Crippen molar-refractivity contribution in [3.63, 3.8) is 0 Å². The predicted octanol–water partition coefficient (Wildman–Crippen LogP) is 4.04. The summed E-state index contributed by atoms with van der Waals surface area (Å²) in [5, 5.41) is 0.0719. The van der Waals surface area contributed by atoms with Gasteiger partial charge in [0, 0.05) is 42.8 Å². The lowest BCUT2D eigenvalue weighted by Gasteiger charge is -2.36. The summed E-state index contributed by atoms with van der Waals surface area (Å²) in [7, 11) is -1.96. The Morgan fingerprint density at radius 1 is 1.14 bits per heavy atom. The van der Waals surface area contributed by atoms with E-state index in [4.69, 9.17) is 9.16 Å². The molecule has 0 atom stereocenters. The van der Waals surface area contributed by atoms with Crippen LogP contribution in [0.15, 0.2) is 24.7 Å². The average Bonchev–Trinajstić information content (AvgIpc) is 2.67.